The Hall–Kier alpha value is -4.07. The fraction of sp³-hybridized carbons (Fsp3) is 0.600. The molecule has 2 N–H and O–H groups in total. The fourth-order valence-electron chi connectivity index (χ4n) is 7.70. The Labute approximate surface area is 268 Å². The van der Waals surface area contributed by atoms with E-state index < -0.39 is 11.6 Å². The summed E-state index contributed by atoms with van der Waals surface area (Å²) in [4.78, 5) is 24.2. The van der Waals surface area contributed by atoms with Gasteiger partial charge in [0.15, 0.2) is 0 Å². The van der Waals surface area contributed by atoms with Crippen LogP contribution in [0.1, 0.15) is 60.9 Å². The number of halogens is 1. The molecule has 4 atom stereocenters. The lowest BCUT2D eigenvalue weighted by Crippen LogP contribution is -2.47. The molecule has 0 unspecified atom stereocenters. The van der Waals surface area contributed by atoms with Gasteiger partial charge in [0.1, 0.15) is 23.8 Å². The van der Waals surface area contributed by atoms with Gasteiger partial charge in [0, 0.05) is 48.9 Å². The van der Waals surface area contributed by atoms with Crippen molar-refractivity contribution in [2.24, 2.45) is 16.1 Å². The number of nitrogens with zero attached hydrogens (tertiary/aromatic N) is 10. The molecule has 3 aromatic rings. The summed E-state index contributed by atoms with van der Waals surface area (Å²) in [5.74, 6) is 1.10. The van der Waals surface area contributed by atoms with Crippen molar-refractivity contribution >= 4 is 34.7 Å². The molecule has 240 valence electrons. The van der Waals surface area contributed by atoms with Gasteiger partial charge in [0.25, 0.3) is 0 Å². The van der Waals surface area contributed by atoms with Crippen LogP contribution in [0.25, 0.3) is 11.6 Å². The summed E-state index contributed by atoms with van der Waals surface area (Å²) in [5.41, 5.74) is 6.51. The molecule has 16 heteroatoms. The third kappa shape index (κ3) is 4.92. The summed E-state index contributed by atoms with van der Waals surface area (Å²) in [6.45, 7) is 5.09. The molecule has 0 spiro atoms. The highest BCUT2D eigenvalue weighted by atomic mass is 32.1. The summed E-state index contributed by atoms with van der Waals surface area (Å²) in [6.07, 6.45) is 7.25. The summed E-state index contributed by atoms with van der Waals surface area (Å²) < 4.78 is 32.7. The molecule has 1 aliphatic carbocycles. The maximum atomic E-state index is 14.5. The standard InChI is InChI=1S/C30H34FN11O3S/c1-29(5-2-4-21-22(29)19(11-32)23(33)46-21)26-36-25(40-45-26)24-37-27(41-8-9-43-20(15-41)17-12-34-35-13-17)39-28(38-24)44-16-30-6-3-7-42(30)14-18(31)10-30/h12-13,17-18,20H,2-10,14-16,33H2,1H3/t18-,20+,29-,30+/m0/s1. The van der Waals surface area contributed by atoms with Gasteiger partial charge in [-0.25, -0.2) is 4.39 Å². The van der Waals surface area contributed by atoms with Gasteiger partial charge in [-0.3, -0.25) is 4.90 Å². The van der Waals surface area contributed by atoms with Crippen LogP contribution in [0.4, 0.5) is 15.3 Å². The lowest BCUT2D eigenvalue weighted by molar-refractivity contribution is 0.0342. The quantitative estimate of drug-likeness (QED) is 0.397. The van der Waals surface area contributed by atoms with Gasteiger partial charge in [0.2, 0.25) is 23.5 Å². The first kappa shape index (κ1) is 29.3. The molecule has 3 aromatic heterocycles. The molecule has 3 saturated heterocycles. The van der Waals surface area contributed by atoms with E-state index in [9.17, 15) is 9.65 Å². The molecule has 14 nitrogen and oxygen atoms in total. The van der Waals surface area contributed by atoms with Crippen molar-refractivity contribution in [3.05, 3.63) is 21.9 Å². The third-order valence-electron chi connectivity index (χ3n) is 10.0. The number of thiophene rings is 1. The van der Waals surface area contributed by atoms with Gasteiger partial charge < -0.3 is 24.6 Å². The van der Waals surface area contributed by atoms with Crippen LogP contribution in [-0.2, 0) is 16.6 Å². The second kappa shape index (κ2) is 11.3. The number of hydrogen-bond donors (Lipinski definition) is 1. The SMILES string of the molecule is C[C@]1(c2nc(-c3nc(OC[C@]45CCCN4C[C@@H](F)C5)nc(N4CCO[C@@H](C5C=NN=C5)C4)n3)no2)CCCc2sc(N)c(C#N)c21. The molecule has 0 radical (unpaired) electrons. The van der Waals surface area contributed by atoms with Gasteiger partial charge in [-0.1, -0.05) is 5.16 Å². The highest BCUT2D eigenvalue weighted by Gasteiger charge is 2.49. The minimum atomic E-state index is -0.874. The molecule has 8 rings (SSSR count). The number of fused-ring (bicyclic) bond motifs is 2. The van der Waals surface area contributed by atoms with E-state index in [-0.39, 0.29) is 41.8 Å². The van der Waals surface area contributed by atoms with Gasteiger partial charge in [0.05, 0.1) is 35.1 Å². The van der Waals surface area contributed by atoms with E-state index in [0.29, 0.717) is 55.1 Å². The zero-order chi connectivity index (χ0) is 31.5. The highest BCUT2D eigenvalue weighted by Crippen LogP contribution is 2.48. The highest BCUT2D eigenvalue weighted by molar-refractivity contribution is 7.16. The number of ether oxygens (including phenoxy) is 2. The van der Waals surface area contributed by atoms with Crippen molar-refractivity contribution < 1.29 is 18.4 Å². The summed E-state index contributed by atoms with van der Waals surface area (Å²) in [5, 5.41) is 22.7. The predicted molar refractivity (Wildman–Crippen MR) is 167 cm³/mol. The molecule has 3 fully saturated rings. The number of anilines is 2. The van der Waals surface area contributed by atoms with Crippen molar-refractivity contribution in [3.8, 4) is 23.7 Å². The van der Waals surface area contributed by atoms with E-state index in [0.717, 1.165) is 49.1 Å². The molecule has 0 aromatic carbocycles. The number of rotatable bonds is 7. The topological polar surface area (TPSA) is 177 Å². The lowest BCUT2D eigenvalue weighted by Gasteiger charge is -2.34. The molecule has 7 heterocycles. The molecule has 0 amide bonds. The van der Waals surface area contributed by atoms with Crippen LogP contribution in [0.3, 0.4) is 0 Å². The number of morpholine rings is 1. The third-order valence-corrected chi connectivity index (χ3v) is 11.1. The van der Waals surface area contributed by atoms with E-state index in [1.54, 1.807) is 12.4 Å². The number of nitriles is 1. The number of aryl methyl sites for hydroxylation is 1. The first-order valence-corrected chi connectivity index (χ1v) is 16.5. The number of nitrogens with two attached hydrogens (primary N) is 1. The Morgan fingerprint density at radius 1 is 1.13 bits per heavy atom. The Bertz CT molecular complexity index is 1740. The number of nitrogen functional groups attached to an aromatic ring is 1. The second-order valence-corrected chi connectivity index (χ2v) is 14.1. The smallest absolute Gasteiger partial charge is 0.321 e. The normalized spacial score (nSPS) is 29.3. The molecule has 5 aliphatic rings. The minimum Gasteiger partial charge on any atom is -0.461 e. The Morgan fingerprint density at radius 2 is 2.00 bits per heavy atom. The molecule has 46 heavy (non-hydrogen) atoms. The van der Waals surface area contributed by atoms with E-state index in [1.807, 2.05) is 11.8 Å². The minimum absolute atomic E-state index is 0.0476. The average Bonchev–Trinajstić information content (AvgIpc) is 3.89. The summed E-state index contributed by atoms with van der Waals surface area (Å²) in [7, 11) is 0. The maximum Gasteiger partial charge on any atom is 0.321 e. The zero-order valence-electron chi connectivity index (χ0n) is 25.4. The van der Waals surface area contributed by atoms with Gasteiger partial charge >= 0.3 is 6.01 Å². The number of aromatic nitrogens is 5. The molecule has 0 saturated carbocycles. The first-order chi connectivity index (χ1) is 22.3. The Morgan fingerprint density at radius 3 is 2.85 bits per heavy atom. The summed E-state index contributed by atoms with van der Waals surface area (Å²) in [6, 6.07) is 2.40. The molecular weight excluding hydrogens is 613 g/mol. The maximum absolute atomic E-state index is 14.5. The fourth-order valence-corrected chi connectivity index (χ4v) is 8.89. The van der Waals surface area contributed by atoms with Crippen molar-refractivity contribution in [3.63, 3.8) is 0 Å². The number of alkyl halides is 1. The van der Waals surface area contributed by atoms with E-state index in [4.69, 9.17) is 34.7 Å². The van der Waals surface area contributed by atoms with Crippen molar-refractivity contribution in [2.75, 3.05) is 50.0 Å². The van der Waals surface area contributed by atoms with E-state index in [1.165, 1.54) is 11.3 Å². The van der Waals surface area contributed by atoms with Gasteiger partial charge in [-0.05, 0) is 45.6 Å². The molecular formula is C30H34FN11O3S. The average molecular weight is 648 g/mol. The largest absolute Gasteiger partial charge is 0.461 e. The van der Waals surface area contributed by atoms with Gasteiger partial charge in [-0.2, -0.15) is 35.4 Å². The van der Waals surface area contributed by atoms with Crippen LogP contribution in [0.15, 0.2) is 14.7 Å². The Balaban J connectivity index is 1.13. The zero-order valence-corrected chi connectivity index (χ0v) is 26.2. The second-order valence-electron chi connectivity index (χ2n) is 12.9. The van der Waals surface area contributed by atoms with Crippen molar-refractivity contribution in [1.82, 2.24) is 30.0 Å². The summed E-state index contributed by atoms with van der Waals surface area (Å²) >= 11 is 1.45. The van der Waals surface area contributed by atoms with Crippen LogP contribution in [0, 0.1) is 17.2 Å². The van der Waals surface area contributed by atoms with Crippen LogP contribution in [0.5, 0.6) is 6.01 Å². The van der Waals surface area contributed by atoms with Gasteiger partial charge in [-0.15, -0.1) is 11.3 Å². The monoisotopic (exact) mass is 647 g/mol. The van der Waals surface area contributed by atoms with E-state index in [2.05, 4.69) is 31.3 Å². The molecule has 4 aliphatic heterocycles. The first-order valence-electron chi connectivity index (χ1n) is 15.7. The predicted octanol–water partition coefficient (Wildman–Crippen LogP) is 2.93. The van der Waals surface area contributed by atoms with E-state index >= 15 is 0 Å². The lowest BCUT2D eigenvalue weighted by atomic mass is 9.72. The van der Waals surface area contributed by atoms with Crippen LogP contribution in [-0.4, -0.2) is 99.6 Å². The molecule has 0 bridgehead atoms. The van der Waals surface area contributed by atoms with Crippen LogP contribution >= 0.6 is 11.3 Å². The number of hydrogen-bond acceptors (Lipinski definition) is 15. The van der Waals surface area contributed by atoms with Crippen molar-refractivity contribution in [1.29, 1.82) is 5.26 Å². The van der Waals surface area contributed by atoms with Crippen LogP contribution in [0.2, 0.25) is 0 Å². The van der Waals surface area contributed by atoms with Crippen LogP contribution < -0.4 is 15.4 Å². The Kier molecular flexibility index (Phi) is 7.22. The van der Waals surface area contributed by atoms with Crippen molar-refractivity contribution in [2.45, 2.75) is 68.7 Å².